The van der Waals surface area contributed by atoms with Gasteiger partial charge >= 0.3 is 0 Å². The molecule has 0 aliphatic carbocycles. The van der Waals surface area contributed by atoms with Gasteiger partial charge < -0.3 is 4.57 Å². The fraction of sp³-hybridized carbons (Fsp3) is 0.364. The Morgan fingerprint density at radius 3 is 2.46 bits per heavy atom. The van der Waals surface area contributed by atoms with Gasteiger partial charge in [-0.1, -0.05) is 0 Å². The van der Waals surface area contributed by atoms with Crippen LogP contribution in [0.15, 0.2) is 12.1 Å². The fourth-order valence-electron chi connectivity index (χ4n) is 1.26. The zero-order valence-electron chi connectivity index (χ0n) is 8.59. The summed E-state index contributed by atoms with van der Waals surface area (Å²) < 4.78 is 2.11. The van der Waals surface area contributed by atoms with Gasteiger partial charge in [-0.3, -0.25) is 4.79 Å². The van der Waals surface area contributed by atoms with Crippen molar-refractivity contribution in [1.29, 1.82) is 0 Å². The summed E-state index contributed by atoms with van der Waals surface area (Å²) in [6.07, 6.45) is 3.46. The summed E-state index contributed by atoms with van der Waals surface area (Å²) in [6, 6.07) is 2.08. The van der Waals surface area contributed by atoms with E-state index in [-0.39, 0.29) is 5.78 Å². The Labute approximate surface area is 78.9 Å². The van der Waals surface area contributed by atoms with E-state index in [4.69, 9.17) is 0 Å². The Morgan fingerprint density at radius 2 is 2.08 bits per heavy atom. The van der Waals surface area contributed by atoms with Crippen molar-refractivity contribution in [2.45, 2.75) is 20.8 Å². The van der Waals surface area contributed by atoms with Crippen LogP contribution in [-0.4, -0.2) is 10.4 Å². The largest absolute Gasteiger partial charge is 0.352 e. The molecule has 0 N–H and O–H groups in total. The van der Waals surface area contributed by atoms with E-state index in [2.05, 4.69) is 17.6 Å². The molecule has 0 aromatic carbocycles. The normalized spacial score (nSPS) is 11.1. The van der Waals surface area contributed by atoms with E-state index in [9.17, 15) is 4.79 Å². The lowest BCUT2D eigenvalue weighted by molar-refractivity contribution is -0.112. The molecule has 1 heterocycles. The van der Waals surface area contributed by atoms with Crippen molar-refractivity contribution in [2.75, 3.05) is 0 Å². The van der Waals surface area contributed by atoms with E-state index in [0.717, 1.165) is 5.56 Å². The first-order valence-electron chi connectivity index (χ1n) is 4.34. The fourth-order valence-corrected chi connectivity index (χ4v) is 1.26. The van der Waals surface area contributed by atoms with Gasteiger partial charge in [-0.25, -0.2) is 0 Å². The first-order valence-corrected chi connectivity index (χ1v) is 4.34. The van der Waals surface area contributed by atoms with Crippen LogP contribution in [-0.2, 0) is 11.8 Å². The monoisotopic (exact) mass is 177 g/mol. The second-order valence-electron chi connectivity index (χ2n) is 3.33. The number of rotatable bonds is 2. The molecule has 1 aromatic heterocycles. The van der Waals surface area contributed by atoms with Gasteiger partial charge in [-0.15, -0.1) is 0 Å². The lowest BCUT2D eigenvalue weighted by Gasteiger charge is -1.98. The number of ketones is 1. The molecule has 0 amide bonds. The number of allylic oxidation sites excluding steroid dienone is 1. The van der Waals surface area contributed by atoms with E-state index in [1.807, 2.05) is 20.0 Å². The van der Waals surface area contributed by atoms with Gasteiger partial charge in [-0.05, 0) is 44.6 Å². The third-order valence-corrected chi connectivity index (χ3v) is 2.31. The average molecular weight is 177 g/mol. The lowest BCUT2D eigenvalue weighted by atomic mass is 10.2. The predicted molar refractivity (Wildman–Crippen MR) is 54.6 cm³/mol. The molecule has 0 atom stereocenters. The number of aromatic nitrogens is 1. The summed E-state index contributed by atoms with van der Waals surface area (Å²) in [6.45, 7) is 5.66. The molecule has 0 fully saturated rings. The number of aryl methyl sites for hydroxylation is 1. The SMILES string of the molecule is CC(=O)/C=C/c1cc(C)n(C)c1C. The second kappa shape index (κ2) is 3.60. The molecule has 2 nitrogen and oxygen atoms in total. The third-order valence-electron chi connectivity index (χ3n) is 2.31. The van der Waals surface area contributed by atoms with Gasteiger partial charge in [0.15, 0.2) is 5.78 Å². The minimum Gasteiger partial charge on any atom is -0.352 e. The standard InChI is InChI=1S/C11H15NO/c1-8-7-11(6-5-9(2)13)10(3)12(8)4/h5-7H,1-4H3/b6-5+. The van der Waals surface area contributed by atoms with Crippen LogP contribution < -0.4 is 0 Å². The molecule has 0 bridgehead atoms. The Bertz CT molecular complexity index is 358. The minimum absolute atomic E-state index is 0.0842. The number of carbonyl (C=O) groups is 1. The highest BCUT2D eigenvalue weighted by molar-refractivity contribution is 5.91. The van der Waals surface area contributed by atoms with Crippen LogP contribution in [0.1, 0.15) is 23.9 Å². The summed E-state index contributed by atoms with van der Waals surface area (Å²) in [5.41, 5.74) is 3.52. The zero-order chi connectivity index (χ0) is 10.0. The van der Waals surface area contributed by atoms with Crippen molar-refractivity contribution < 1.29 is 4.79 Å². The summed E-state index contributed by atoms with van der Waals surface area (Å²) >= 11 is 0. The van der Waals surface area contributed by atoms with Crippen LogP contribution in [0, 0.1) is 13.8 Å². The molecular weight excluding hydrogens is 162 g/mol. The van der Waals surface area contributed by atoms with Crippen LogP contribution in [0.25, 0.3) is 6.08 Å². The van der Waals surface area contributed by atoms with E-state index >= 15 is 0 Å². The van der Waals surface area contributed by atoms with E-state index in [1.54, 1.807) is 13.0 Å². The highest BCUT2D eigenvalue weighted by Gasteiger charge is 2.02. The Balaban J connectivity index is 3.03. The quantitative estimate of drug-likeness (QED) is 0.635. The van der Waals surface area contributed by atoms with Crippen LogP contribution in [0.4, 0.5) is 0 Å². The van der Waals surface area contributed by atoms with Crippen LogP contribution in [0.2, 0.25) is 0 Å². The number of carbonyl (C=O) groups excluding carboxylic acids is 1. The molecule has 70 valence electrons. The van der Waals surface area contributed by atoms with E-state index in [0.29, 0.717) is 0 Å². The molecular formula is C11H15NO. The smallest absolute Gasteiger partial charge is 0.152 e. The third kappa shape index (κ3) is 2.08. The molecule has 0 spiro atoms. The Kier molecular flexibility index (Phi) is 2.71. The Morgan fingerprint density at radius 1 is 1.46 bits per heavy atom. The lowest BCUT2D eigenvalue weighted by Crippen LogP contribution is -1.92. The molecule has 0 aliphatic heterocycles. The first kappa shape index (κ1) is 9.78. The minimum atomic E-state index is 0.0842. The van der Waals surface area contributed by atoms with Gasteiger partial charge in [0.25, 0.3) is 0 Å². The van der Waals surface area contributed by atoms with Crippen LogP contribution >= 0.6 is 0 Å². The van der Waals surface area contributed by atoms with Crippen molar-refractivity contribution in [3.8, 4) is 0 Å². The molecule has 1 rings (SSSR count). The van der Waals surface area contributed by atoms with Gasteiger partial charge in [0.1, 0.15) is 0 Å². The van der Waals surface area contributed by atoms with Crippen LogP contribution in [0.5, 0.6) is 0 Å². The summed E-state index contributed by atoms with van der Waals surface area (Å²) in [5, 5.41) is 0. The zero-order valence-corrected chi connectivity index (χ0v) is 8.59. The molecule has 0 saturated heterocycles. The maximum absolute atomic E-state index is 10.7. The van der Waals surface area contributed by atoms with Crippen molar-refractivity contribution in [3.63, 3.8) is 0 Å². The van der Waals surface area contributed by atoms with Gasteiger partial charge in [-0.2, -0.15) is 0 Å². The molecule has 1 aromatic rings. The number of hydrogen-bond donors (Lipinski definition) is 0. The van der Waals surface area contributed by atoms with Gasteiger partial charge in [0.05, 0.1) is 0 Å². The first-order chi connectivity index (χ1) is 6.02. The van der Waals surface area contributed by atoms with E-state index < -0.39 is 0 Å². The van der Waals surface area contributed by atoms with Gasteiger partial charge in [0.2, 0.25) is 0 Å². The second-order valence-corrected chi connectivity index (χ2v) is 3.33. The molecule has 2 heteroatoms. The molecule has 0 saturated carbocycles. The maximum atomic E-state index is 10.7. The molecule has 0 radical (unpaired) electrons. The Hall–Kier alpha value is -1.31. The maximum Gasteiger partial charge on any atom is 0.152 e. The average Bonchev–Trinajstić information content (AvgIpc) is 2.29. The summed E-state index contributed by atoms with van der Waals surface area (Å²) in [4.78, 5) is 10.7. The molecule has 0 unspecified atom stereocenters. The molecule has 0 aliphatic rings. The number of nitrogens with zero attached hydrogens (tertiary/aromatic N) is 1. The van der Waals surface area contributed by atoms with E-state index in [1.165, 1.54) is 11.4 Å². The van der Waals surface area contributed by atoms with Crippen molar-refractivity contribution in [3.05, 3.63) is 29.1 Å². The van der Waals surface area contributed by atoms with Crippen molar-refractivity contribution in [1.82, 2.24) is 4.57 Å². The topological polar surface area (TPSA) is 22.0 Å². The van der Waals surface area contributed by atoms with Crippen molar-refractivity contribution in [2.24, 2.45) is 7.05 Å². The highest BCUT2D eigenvalue weighted by Crippen LogP contribution is 2.14. The highest BCUT2D eigenvalue weighted by atomic mass is 16.1. The van der Waals surface area contributed by atoms with Crippen molar-refractivity contribution >= 4 is 11.9 Å². The summed E-state index contributed by atoms with van der Waals surface area (Å²) in [5.74, 6) is 0.0842. The summed E-state index contributed by atoms with van der Waals surface area (Å²) in [7, 11) is 2.02. The predicted octanol–water partition coefficient (Wildman–Crippen LogP) is 2.24. The number of hydrogen-bond acceptors (Lipinski definition) is 1. The van der Waals surface area contributed by atoms with Gasteiger partial charge in [0, 0.05) is 18.4 Å². The van der Waals surface area contributed by atoms with Crippen LogP contribution in [0.3, 0.4) is 0 Å². The molecule has 13 heavy (non-hydrogen) atoms.